The highest BCUT2D eigenvalue weighted by atomic mass is 16.6. The van der Waals surface area contributed by atoms with E-state index in [0.717, 1.165) is 0 Å². The van der Waals surface area contributed by atoms with Crippen molar-refractivity contribution in [1.29, 1.82) is 0 Å². The van der Waals surface area contributed by atoms with Gasteiger partial charge in [0.25, 0.3) is 0 Å². The molecule has 0 aromatic rings. The standard InChI is InChI=1S/C8H17NO3/c1-5-8(11)6(9(2)3)4-7(10)12-5/h5-8,10-11H,4H2,1-3H3/t5-,6+,7+,8-/m0/s1. The minimum absolute atomic E-state index is 0.0104. The molecule has 0 aliphatic carbocycles. The quantitative estimate of drug-likeness (QED) is 0.559. The van der Waals surface area contributed by atoms with Gasteiger partial charge in [-0.1, -0.05) is 0 Å². The zero-order valence-electron chi connectivity index (χ0n) is 7.77. The molecule has 2 N–H and O–H groups in total. The van der Waals surface area contributed by atoms with Gasteiger partial charge in [0, 0.05) is 12.5 Å². The lowest BCUT2D eigenvalue weighted by atomic mass is 9.99. The third-order valence-electron chi connectivity index (χ3n) is 2.35. The van der Waals surface area contributed by atoms with Gasteiger partial charge in [-0.3, -0.25) is 0 Å². The third kappa shape index (κ3) is 1.95. The van der Waals surface area contributed by atoms with Crippen molar-refractivity contribution in [2.45, 2.75) is 37.9 Å². The molecule has 4 nitrogen and oxygen atoms in total. The summed E-state index contributed by atoms with van der Waals surface area (Å²) in [6.45, 7) is 1.77. The van der Waals surface area contributed by atoms with Gasteiger partial charge in [-0.05, 0) is 21.0 Å². The number of hydrogen-bond acceptors (Lipinski definition) is 4. The van der Waals surface area contributed by atoms with Crippen molar-refractivity contribution in [3.05, 3.63) is 0 Å². The highest BCUT2D eigenvalue weighted by Crippen LogP contribution is 2.21. The van der Waals surface area contributed by atoms with E-state index in [1.807, 2.05) is 19.0 Å². The first kappa shape index (κ1) is 9.92. The predicted octanol–water partition coefficient (Wildman–Crippen LogP) is -0.595. The number of aliphatic hydroxyl groups is 2. The first-order valence-electron chi connectivity index (χ1n) is 4.20. The molecule has 72 valence electrons. The Morgan fingerprint density at radius 1 is 1.33 bits per heavy atom. The van der Waals surface area contributed by atoms with Gasteiger partial charge < -0.3 is 19.8 Å². The Kier molecular flexibility index (Phi) is 3.06. The fraction of sp³-hybridized carbons (Fsp3) is 1.00. The highest BCUT2D eigenvalue weighted by molar-refractivity contribution is 4.85. The molecule has 1 aliphatic rings. The van der Waals surface area contributed by atoms with Crippen molar-refractivity contribution in [3.63, 3.8) is 0 Å². The fourth-order valence-corrected chi connectivity index (χ4v) is 1.56. The van der Waals surface area contributed by atoms with E-state index in [1.54, 1.807) is 6.92 Å². The molecule has 0 aromatic heterocycles. The van der Waals surface area contributed by atoms with Crippen LogP contribution in [0.4, 0.5) is 0 Å². The van der Waals surface area contributed by atoms with E-state index in [2.05, 4.69) is 0 Å². The van der Waals surface area contributed by atoms with Crippen LogP contribution in [0.15, 0.2) is 0 Å². The number of likely N-dealkylation sites (N-methyl/N-ethyl adjacent to an activating group) is 1. The average molecular weight is 175 g/mol. The van der Waals surface area contributed by atoms with Crippen LogP contribution in [0.3, 0.4) is 0 Å². The lowest BCUT2D eigenvalue weighted by Crippen LogP contribution is -2.52. The Labute approximate surface area is 72.7 Å². The monoisotopic (exact) mass is 175 g/mol. The summed E-state index contributed by atoms with van der Waals surface area (Å²) in [5.74, 6) is 0. The van der Waals surface area contributed by atoms with Crippen molar-refractivity contribution in [2.75, 3.05) is 14.1 Å². The van der Waals surface area contributed by atoms with Crippen molar-refractivity contribution in [2.24, 2.45) is 0 Å². The van der Waals surface area contributed by atoms with E-state index >= 15 is 0 Å². The van der Waals surface area contributed by atoms with Crippen molar-refractivity contribution < 1.29 is 14.9 Å². The number of hydrogen-bond donors (Lipinski definition) is 2. The third-order valence-corrected chi connectivity index (χ3v) is 2.35. The van der Waals surface area contributed by atoms with Gasteiger partial charge in [-0.25, -0.2) is 0 Å². The summed E-state index contributed by atoms with van der Waals surface area (Å²) in [7, 11) is 3.78. The maximum atomic E-state index is 9.65. The number of nitrogens with zero attached hydrogens (tertiary/aromatic N) is 1. The van der Waals surface area contributed by atoms with Crippen LogP contribution in [0.25, 0.3) is 0 Å². The largest absolute Gasteiger partial charge is 0.389 e. The molecule has 4 atom stereocenters. The van der Waals surface area contributed by atoms with Crippen molar-refractivity contribution >= 4 is 0 Å². The van der Waals surface area contributed by atoms with Crippen LogP contribution >= 0.6 is 0 Å². The molecular formula is C8H17NO3. The minimum atomic E-state index is -0.740. The second-order valence-corrected chi connectivity index (χ2v) is 3.55. The number of rotatable bonds is 1. The molecule has 1 saturated heterocycles. The normalized spacial score (nSPS) is 43.5. The predicted molar refractivity (Wildman–Crippen MR) is 44.7 cm³/mol. The number of ether oxygens (including phenoxy) is 1. The molecule has 0 saturated carbocycles. The molecule has 0 amide bonds. The molecule has 0 aromatic carbocycles. The van der Waals surface area contributed by atoms with E-state index in [1.165, 1.54) is 0 Å². The Morgan fingerprint density at radius 2 is 1.92 bits per heavy atom. The van der Waals surface area contributed by atoms with Gasteiger partial charge in [0.15, 0.2) is 6.29 Å². The summed E-state index contributed by atoms with van der Waals surface area (Å²) in [5.41, 5.74) is 0. The van der Waals surface area contributed by atoms with Crippen molar-refractivity contribution in [1.82, 2.24) is 4.90 Å². The molecule has 0 radical (unpaired) electrons. The van der Waals surface area contributed by atoms with Crippen LogP contribution in [0.2, 0.25) is 0 Å². The zero-order chi connectivity index (χ0) is 9.30. The second kappa shape index (κ2) is 3.70. The van der Waals surface area contributed by atoms with E-state index in [9.17, 15) is 10.2 Å². The molecule has 1 fully saturated rings. The Bertz CT molecular complexity index is 151. The molecule has 1 heterocycles. The van der Waals surface area contributed by atoms with Crippen LogP contribution in [0.5, 0.6) is 0 Å². The fourth-order valence-electron chi connectivity index (χ4n) is 1.56. The summed E-state index contributed by atoms with van der Waals surface area (Å²) >= 11 is 0. The summed E-state index contributed by atoms with van der Waals surface area (Å²) < 4.78 is 5.06. The highest BCUT2D eigenvalue weighted by Gasteiger charge is 2.35. The molecule has 0 spiro atoms. The van der Waals surface area contributed by atoms with Gasteiger partial charge in [0.2, 0.25) is 0 Å². The van der Waals surface area contributed by atoms with Crippen LogP contribution < -0.4 is 0 Å². The molecule has 0 unspecified atom stereocenters. The van der Waals surface area contributed by atoms with Gasteiger partial charge in [0.1, 0.15) is 0 Å². The lowest BCUT2D eigenvalue weighted by molar-refractivity contribution is -0.212. The molecule has 4 heteroatoms. The second-order valence-electron chi connectivity index (χ2n) is 3.55. The zero-order valence-corrected chi connectivity index (χ0v) is 7.77. The molecule has 12 heavy (non-hydrogen) atoms. The SMILES string of the molecule is C[C@@H]1O[C@@H](O)C[C@@H](N(C)C)[C@H]1O. The van der Waals surface area contributed by atoms with Crippen LogP contribution in [0.1, 0.15) is 13.3 Å². The molecule has 0 bridgehead atoms. The van der Waals surface area contributed by atoms with Gasteiger partial charge >= 0.3 is 0 Å². The lowest BCUT2D eigenvalue weighted by Gasteiger charge is -2.39. The van der Waals surface area contributed by atoms with E-state index in [0.29, 0.717) is 6.42 Å². The van der Waals surface area contributed by atoms with Crippen LogP contribution in [0, 0.1) is 0 Å². The maximum Gasteiger partial charge on any atom is 0.156 e. The van der Waals surface area contributed by atoms with Crippen LogP contribution in [-0.4, -0.2) is 53.7 Å². The van der Waals surface area contributed by atoms with Crippen molar-refractivity contribution in [3.8, 4) is 0 Å². The smallest absolute Gasteiger partial charge is 0.156 e. The number of aliphatic hydroxyl groups excluding tert-OH is 2. The summed E-state index contributed by atoms with van der Waals surface area (Å²) in [4.78, 5) is 1.91. The molecule has 1 aliphatic heterocycles. The molecular weight excluding hydrogens is 158 g/mol. The maximum absolute atomic E-state index is 9.65. The van der Waals surface area contributed by atoms with Gasteiger partial charge in [-0.2, -0.15) is 0 Å². The summed E-state index contributed by atoms with van der Waals surface area (Å²) in [5, 5.41) is 18.9. The first-order chi connectivity index (χ1) is 5.52. The summed E-state index contributed by atoms with van der Waals surface area (Å²) in [6.07, 6.45) is -1.07. The van der Waals surface area contributed by atoms with Crippen LogP contribution in [-0.2, 0) is 4.74 Å². The Morgan fingerprint density at radius 3 is 2.42 bits per heavy atom. The average Bonchev–Trinajstić information content (AvgIpc) is 1.96. The first-order valence-corrected chi connectivity index (χ1v) is 4.20. The Balaban J connectivity index is 2.60. The molecule has 1 rings (SSSR count). The summed E-state index contributed by atoms with van der Waals surface area (Å²) in [6, 6.07) is -0.0104. The van der Waals surface area contributed by atoms with E-state index in [4.69, 9.17) is 4.74 Å². The van der Waals surface area contributed by atoms with Gasteiger partial charge in [-0.15, -0.1) is 0 Å². The van der Waals surface area contributed by atoms with Gasteiger partial charge in [0.05, 0.1) is 12.2 Å². The van der Waals surface area contributed by atoms with E-state index in [-0.39, 0.29) is 12.1 Å². The topological polar surface area (TPSA) is 52.9 Å². The minimum Gasteiger partial charge on any atom is -0.389 e. The Hall–Kier alpha value is -0.160. The van der Waals surface area contributed by atoms with E-state index < -0.39 is 12.4 Å².